The number of piperidine rings is 1. The van der Waals surface area contributed by atoms with Gasteiger partial charge < -0.3 is 9.64 Å². The van der Waals surface area contributed by atoms with Crippen molar-refractivity contribution in [3.8, 4) is 5.75 Å². The number of hydrogen-bond acceptors (Lipinski definition) is 3. The lowest BCUT2D eigenvalue weighted by Gasteiger charge is -2.50. The molecule has 0 radical (unpaired) electrons. The largest absolute Gasteiger partial charge is 0.497 e. The van der Waals surface area contributed by atoms with Crippen LogP contribution in [0, 0.1) is 5.92 Å². The van der Waals surface area contributed by atoms with E-state index in [0.717, 1.165) is 38.1 Å². The van der Waals surface area contributed by atoms with E-state index in [1.807, 2.05) is 24.0 Å². The topological polar surface area (TPSA) is 46.6 Å². The number of ketones is 1. The molecule has 0 spiro atoms. The van der Waals surface area contributed by atoms with E-state index in [0.29, 0.717) is 31.0 Å². The van der Waals surface area contributed by atoms with Gasteiger partial charge in [0.1, 0.15) is 11.5 Å². The summed E-state index contributed by atoms with van der Waals surface area (Å²) >= 11 is 0. The molecule has 1 aromatic rings. The quantitative estimate of drug-likeness (QED) is 0.851. The first kappa shape index (κ1) is 17.0. The Balaban J connectivity index is 1.90. The van der Waals surface area contributed by atoms with Crippen molar-refractivity contribution in [2.75, 3.05) is 20.2 Å². The standard InChI is InChI=1S/C20H27NO3/c1-3-5-19(23)21-11-10-20(13-17(22)9-8-16(20)14-21)15-6-4-7-18(12-15)24-2/h4,6-7,12,16H,3,5,8-11,13-14H2,1-2H3. The Hall–Kier alpha value is -1.84. The van der Waals surface area contributed by atoms with Gasteiger partial charge >= 0.3 is 0 Å². The van der Waals surface area contributed by atoms with E-state index in [4.69, 9.17) is 4.74 Å². The number of carbonyl (C=O) groups excluding carboxylic acids is 2. The van der Waals surface area contributed by atoms with E-state index in [1.165, 1.54) is 5.56 Å². The van der Waals surface area contributed by atoms with Gasteiger partial charge in [0.25, 0.3) is 0 Å². The van der Waals surface area contributed by atoms with E-state index in [2.05, 4.69) is 12.1 Å². The third-order valence-electron chi connectivity index (χ3n) is 5.80. The van der Waals surface area contributed by atoms with E-state index in [9.17, 15) is 9.59 Å². The van der Waals surface area contributed by atoms with Crippen molar-refractivity contribution in [1.29, 1.82) is 0 Å². The first-order valence-electron chi connectivity index (χ1n) is 9.03. The molecular formula is C20H27NO3. The van der Waals surface area contributed by atoms with E-state index in [-0.39, 0.29) is 11.3 Å². The van der Waals surface area contributed by atoms with Gasteiger partial charge in [-0.3, -0.25) is 9.59 Å². The molecule has 1 aliphatic carbocycles. The third kappa shape index (κ3) is 3.06. The molecule has 0 bridgehead atoms. The van der Waals surface area contributed by atoms with Crippen molar-refractivity contribution >= 4 is 11.7 Å². The highest BCUT2D eigenvalue weighted by Crippen LogP contribution is 2.48. The predicted octanol–water partition coefficient (Wildman–Crippen LogP) is 3.33. The maximum absolute atomic E-state index is 12.3. The smallest absolute Gasteiger partial charge is 0.222 e. The van der Waals surface area contributed by atoms with Gasteiger partial charge in [0, 0.05) is 37.8 Å². The number of ether oxygens (including phenoxy) is 1. The molecule has 24 heavy (non-hydrogen) atoms. The molecule has 1 saturated heterocycles. The number of Topliss-reactive ketones (excluding diaryl/α,β-unsaturated/α-hetero) is 1. The maximum atomic E-state index is 12.3. The second-order valence-electron chi connectivity index (χ2n) is 7.18. The zero-order valence-corrected chi connectivity index (χ0v) is 14.7. The minimum absolute atomic E-state index is 0.132. The van der Waals surface area contributed by atoms with Gasteiger partial charge in [-0.25, -0.2) is 0 Å². The molecule has 2 atom stereocenters. The normalized spacial score (nSPS) is 26.8. The summed E-state index contributed by atoms with van der Waals surface area (Å²) in [7, 11) is 1.67. The summed E-state index contributed by atoms with van der Waals surface area (Å²) in [5.74, 6) is 1.80. The highest BCUT2D eigenvalue weighted by atomic mass is 16.5. The number of nitrogens with zero attached hydrogens (tertiary/aromatic N) is 1. The summed E-state index contributed by atoms with van der Waals surface area (Å²) in [5.41, 5.74) is 1.06. The number of rotatable bonds is 4. The van der Waals surface area contributed by atoms with E-state index < -0.39 is 0 Å². The van der Waals surface area contributed by atoms with Crippen LogP contribution in [0.25, 0.3) is 0 Å². The minimum Gasteiger partial charge on any atom is -0.497 e. The summed E-state index contributed by atoms with van der Waals surface area (Å²) in [6.07, 6.45) is 4.50. The van der Waals surface area contributed by atoms with Crippen molar-refractivity contribution in [2.24, 2.45) is 5.92 Å². The first-order valence-corrected chi connectivity index (χ1v) is 9.03. The van der Waals surface area contributed by atoms with Crippen LogP contribution in [-0.4, -0.2) is 36.8 Å². The van der Waals surface area contributed by atoms with Crippen molar-refractivity contribution in [3.05, 3.63) is 29.8 Å². The Kier molecular flexibility index (Phi) is 4.93. The molecule has 1 aromatic carbocycles. The highest BCUT2D eigenvalue weighted by Gasteiger charge is 2.48. The predicted molar refractivity (Wildman–Crippen MR) is 93.1 cm³/mol. The SMILES string of the molecule is CCCC(=O)N1CCC2(c3cccc(OC)c3)CC(=O)CCC2C1. The molecule has 3 rings (SSSR count). The van der Waals surface area contributed by atoms with Crippen LogP contribution in [0.3, 0.4) is 0 Å². The zero-order chi connectivity index (χ0) is 17.2. The summed E-state index contributed by atoms with van der Waals surface area (Å²) in [4.78, 5) is 26.6. The van der Waals surface area contributed by atoms with E-state index >= 15 is 0 Å². The number of amides is 1. The first-order chi connectivity index (χ1) is 11.6. The molecule has 1 saturated carbocycles. The van der Waals surface area contributed by atoms with Crippen LogP contribution in [0.15, 0.2) is 24.3 Å². The summed E-state index contributed by atoms with van der Waals surface area (Å²) < 4.78 is 5.39. The van der Waals surface area contributed by atoms with Crippen LogP contribution >= 0.6 is 0 Å². The number of carbonyl (C=O) groups is 2. The summed E-state index contributed by atoms with van der Waals surface area (Å²) in [6.45, 7) is 3.57. The molecule has 4 heteroatoms. The fourth-order valence-corrected chi connectivity index (χ4v) is 4.46. The Morgan fingerprint density at radius 3 is 3.00 bits per heavy atom. The lowest BCUT2D eigenvalue weighted by Crippen LogP contribution is -2.54. The van der Waals surface area contributed by atoms with Crippen molar-refractivity contribution in [3.63, 3.8) is 0 Å². The van der Waals surface area contributed by atoms with Gasteiger partial charge in [0.05, 0.1) is 7.11 Å². The van der Waals surface area contributed by atoms with Gasteiger partial charge in [-0.05, 0) is 42.9 Å². The zero-order valence-electron chi connectivity index (χ0n) is 14.7. The molecule has 0 aromatic heterocycles. The van der Waals surface area contributed by atoms with Crippen LogP contribution in [0.4, 0.5) is 0 Å². The molecule has 1 aliphatic heterocycles. The maximum Gasteiger partial charge on any atom is 0.222 e. The average molecular weight is 329 g/mol. The minimum atomic E-state index is -0.132. The van der Waals surface area contributed by atoms with Gasteiger partial charge in [0.15, 0.2) is 0 Å². The van der Waals surface area contributed by atoms with Crippen molar-refractivity contribution < 1.29 is 14.3 Å². The molecule has 4 nitrogen and oxygen atoms in total. The second kappa shape index (κ2) is 6.96. The molecule has 1 heterocycles. The van der Waals surface area contributed by atoms with Crippen LogP contribution in [-0.2, 0) is 15.0 Å². The lowest BCUT2D eigenvalue weighted by atomic mass is 9.59. The molecule has 2 unspecified atom stereocenters. The fraction of sp³-hybridized carbons (Fsp3) is 0.600. The molecule has 2 fully saturated rings. The monoisotopic (exact) mass is 329 g/mol. The lowest BCUT2D eigenvalue weighted by molar-refractivity contribution is -0.136. The highest BCUT2D eigenvalue weighted by molar-refractivity contribution is 5.82. The van der Waals surface area contributed by atoms with Crippen LogP contribution in [0.1, 0.15) is 51.0 Å². The molecule has 130 valence electrons. The van der Waals surface area contributed by atoms with Gasteiger partial charge in [0.2, 0.25) is 5.91 Å². The second-order valence-corrected chi connectivity index (χ2v) is 7.18. The molecular weight excluding hydrogens is 302 g/mol. The fourth-order valence-electron chi connectivity index (χ4n) is 4.46. The third-order valence-corrected chi connectivity index (χ3v) is 5.80. The van der Waals surface area contributed by atoms with Gasteiger partial charge in [-0.1, -0.05) is 19.1 Å². The van der Waals surface area contributed by atoms with Gasteiger partial charge in [-0.15, -0.1) is 0 Å². The van der Waals surface area contributed by atoms with E-state index in [1.54, 1.807) is 7.11 Å². The van der Waals surface area contributed by atoms with Crippen molar-refractivity contribution in [2.45, 2.75) is 50.9 Å². The number of benzene rings is 1. The number of hydrogen-bond donors (Lipinski definition) is 0. The van der Waals surface area contributed by atoms with Crippen LogP contribution in [0.2, 0.25) is 0 Å². The Morgan fingerprint density at radius 1 is 1.42 bits per heavy atom. The molecule has 1 amide bonds. The van der Waals surface area contributed by atoms with Gasteiger partial charge in [-0.2, -0.15) is 0 Å². The Morgan fingerprint density at radius 2 is 2.25 bits per heavy atom. The van der Waals surface area contributed by atoms with Crippen molar-refractivity contribution in [1.82, 2.24) is 4.90 Å². The number of likely N-dealkylation sites (tertiary alicyclic amines) is 1. The Bertz CT molecular complexity index is 627. The number of methoxy groups -OCH3 is 1. The number of fused-ring (bicyclic) bond motifs is 1. The molecule has 2 aliphatic rings. The Labute approximate surface area is 144 Å². The van der Waals surface area contributed by atoms with Crippen LogP contribution < -0.4 is 4.74 Å². The van der Waals surface area contributed by atoms with Crippen LogP contribution in [0.5, 0.6) is 5.75 Å². The summed E-state index contributed by atoms with van der Waals surface area (Å²) in [5, 5.41) is 0. The molecule has 0 N–H and O–H groups in total. The average Bonchev–Trinajstić information content (AvgIpc) is 2.61. The summed E-state index contributed by atoms with van der Waals surface area (Å²) in [6, 6.07) is 8.15.